The van der Waals surface area contributed by atoms with Gasteiger partial charge in [-0.3, -0.25) is 4.79 Å². The lowest BCUT2D eigenvalue weighted by atomic mass is 10.3. The Morgan fingerprint density at radius 1 is 1.19 bits per heavy atom. The predicted octanol–water partition coefficient (Wildman–Crippen LogP) is 2.65. The summed E-state index contributed by atoms with van der Waals surface area (Å²) in [5.74, 6) is -0.717. The Morgan fingerprint density at radius 2 is 1.88 bits per heavy atom. The van der Waals surface area contributed by atoms with Crippen LogP contribution in [0.25, 0.3) is 5.69 Å². The van der Waals surface area contributed by atoms with E-state index in [1.165, 1.54) is 11.8 Å². The summed E-state index contributed by atoms with van der Waals surface area (Å²) in [7, 11) is 0. The number of benzene rings is 1. The van der Waals surface area contributed by atoms with E-state index in [-0.39, 0.29) is 5.75 Å². The van der Waals surface area contributed by atoms with Gasteiger partial charge in [0.2, 0.25) is 0 Å². The third-order valence-corrected chi connectivity index (χ3v) is 3.15. The summed E-state index contributed by atoms with van der Waals surface area (Å²) in [6.07, 6.45) is 3.89. The molecule has 0 aliphatic carbocycles. The maximum Gasteiger partial charge on any atom is 0.313 e. The number of nitrogens with zero attached hydrogens (tertiary/aromatic N) is 1. The van der Waals surface area contributed by atoms with Crippen molar-refractivity contribution in [2.24, 2.45) is 0 Å². The molecule has 3 nitrogen and oxygen atoms in total. The van der Waals surface area contributed by atoms with Crippen LogP contribution in [-0.2, 0) is 4.79 Å². The fourth-order valence-corrected chi connectivity index (χ4v) is 2.20. The fourth-order valence-electron chi connectivity index (χ4n) is 1.43. The number of hydrogen-bond donors (Lipinski definition) is 1. The van der Waals surface area contributed by atoms with Crippen LogP contribution in [0, 0.1) is 0 Å². The number of para-hydroxylation sites is 1. The summed E-state index contributed by atoms with van der Waals surface area (Å²) in [4.78, 5) is 11.5. The van der Waals surface area contributed by atoms with E-state index in [1.807, 2.05) is 53.4 Å². The van der Waals surface area contributed by atoms with Crippen LogP contribution in [0.4, 0.5) is 0 Å². The van der Waals surface area contributed by atoms with Crippen LogP contribution in [0.2, 0.25) is 0 Å². The molecule has 0 aliphatic rings. The second-order valence-corrected chi connectivity index (χ2v) is 4.26. The molecule has 0 amide bonds. The number of carbonyl (C=O) groups is 1. The molecule has 0 fully saturated rings. The summed E-state index contributed by atoms with van der Waals surface area (Å²) in [6, 6.07) is 11.7. The van der Waals surface area contributed by atoms with Gasteiger partial charge in [-0.05, 0) is 24.3 Å². The Balaban J connectivity index is 2.27. The zero-order chi connectivity index (χ0) is 11.4. The molecule has 0 bridgehead atoms. The highest BCUT2D eigenvalue weighted by Gasteiger charge is 2.05. The Morgan fingerprint density at radius 3 is 2.56 bits per heavy atom. The number of aliphatic carboxylic acids is 1. The van der Waals surface area contributed by atoms with Gasteiger partial charge < -0.3 is 9.67 Å². The minimum atomic E-state index is -0.799. The average Bonchev–Trinajstić information content (AvgIpc) is 2.80. The van der Waals surface area contributed by atoms with Crippen LogP contribution in [0.1, 0.15) is 0 Å². The van der Waals surface area contributed by atoms with Crippen LogP contribution < -0.4 is 0 Å². The molecule has 4 heteroatoms. The van der Waals surface area contributed by atoms with E-state index in [4.69, 9.17) is 5.11 Å². The van der Waals surface area contributed by atoms with E-state index < -0.39 is 5.97 Å². The molecule has 16 heavy (non-hydrogen) atoms. The molecule has 0 unspecified atom stereocenters. The molecule has 1 heterocycles. The molecule has 0 spiro atoms. The normalized spacial score (nSPS) is 10.2. The Bertz CT molecular complexity index is 480. The van der Waals surface area contributed by atoms with E-state index in [2.05, 4.69) is 0 Å². The van der Waals surface area contributed by atoms with Gasteiger partial charge in [0, 0.05) is 17.3 Å². The van der Waals surface area contributed by atoms with Crippen molar-refractivity contribution in [1.29, 1.82) is 0 Å². The van der Waals surface area contributed by atoms with E-state index >= 15 is 0 Å². The third-order valence-electron chi connectivity index (χ3n) is 2.10. The second-order valence-electron chi connectivity index (χ2n) is 3.24. The SMILES string of the molecule is O=C(O)CSc1ccccc1-n1cccc1. The molecule has 0 saturated heterocycles. The maximum atomic E-state index is 10.5. The second kappa shape index (κ2) is 4.90. The maximum absolute atomic E-state index is 10.5. The molecule has 1 aromatic carbocycles. The van der Waals surface area contributed by atoms with E-state index in [0.717, 1.165) is 10.6 Å². The minimum absolute atomic E-state index is 0.0816. The van der Waals surface area contributed by atoms with Gasteiger partial charge in [-0.15, -0.1) is 11.8 Å². The molecular weight excluding hydrogens is 222 g/mol. The number of thioether (sulfide) groups is 1. The van der Waals surface area contributed by atoms with Crippen molar-refractivity contribution in [2.45, 2.75) is 4.90 Å². The molecule has 82 valence electrons. The van der Waals surface area contributed by atoms with Crippen molar-refractivity contribution in [3.63, 3.8) is 0 Å². The number of aromatic nitrogens is 1. The largest absolute Gasteiger partial charge is 0.481 e. The van der Waals surface area contributed by atoms with Gasteiger partial charge in [0.15, 0.2) is 0 Å². The lowest BCUT2D eigenvalue weighted by molar-refractivity contribution is -0.133. The zero-order valence-electron chi connectivity index (χ0n) is 8.54. The minimum Gasteiger partial charge on any atom is -0.481 e. The first kappa shape index (κ1) is 10.8. The van der Waals surface area contributed by atoms with Crippen LogP contribution in [-0.4, -0.2) is 21.4 Å². The molecule has 2 aromatic rings. The summed E-state index contributed by atoms with van der Waals surface area (Å²) >= 11 is 1.33. The van der Waals surface area contributed by atoms with Crippen molar-refractivity contribution in [3.05, 3.63) is 48.8 Å². The zero-order valence-corrected chi connectivity index (χ0v) is 9.35. The smallest absolute Gasteiger partial charge is 0.313 e. The first-order valence-corrected chi connectivity index (χ1v) is 5.83. The van der Waals surface area contributed by atoms with Gasteiger partial charge in [0.05, 0.1) is 11.4 Å². The van der Waals surface area contributed by atoms with E-state index in [9.17, 15) is 4.79 Å². The van der Waals surface area contributed by atoms with Crippen LogP contribution in [0.15, 0.2) is 53.7 Å². The lowest BCUT2D eigenvalue weighted by Gasteiger charge is -2.08. The molecule has 1 N–H and O–H groups in total. The van der Waals surface area contributed by atoms with Crippen molar-refractivity contribution in [1.82, 2.24) is 4.57 Å². The van der Waals surface area contributed by atoms with Crippen molar-refractivity contribution < 1.29 is 9.90 Å². The molecule has 2 rings (SSSR count). The molecule has 0 radical (unpaired) electrons. The average molecular weight is 233 g/mol. The van der Waals surface area contributed by atoms with Gasteiger partial charge in [0.25, 0.3) is 0 Å². The predicted molar refractivity (Wildman–Crippen MR) is 64.1 cm³/mol. The Labute approximate surface area is 97.7 Å². The number of carboxylic acid groups (broad SMARTS) is 1. The van der Waals surface area contributed by atoms with E-state index in [0.29, 0.717) is 0 Å². The molecule has 0 aliphatic heterocycles. The first-order chi connectivity index (χ1) is 7.77. The first-order valence-electron chi connectivity index (χ1n) is 4.84. The van der Waals surface area contributed by atoms with Crippen molar-refractivity contribution in [2.75, 3.05) is 5.75 Å². The molecule has 0 saturated carbocycles. The Hall–Kier alpha value is -1.68. The summed E-state index contributed by atoms with van der Waals surface area (Å²) in [5.41, 5.74) is 1.01. The number of hydrogen-bond acceptors (Lipinski definition) is 2. The summed E-state index contributed by atoms with van der Waals surface area (Å²) < 4.78 is 1.98. The fraction of sp³-hybridized carbons (Fsp3) is 0.0833. The van der Waals surface area contributed by atoms with Crippen molar-refractivity contribution in [3.8, 4) is 5.69 Å². The van der Waals surface area contributed by atoms with Gasteiger partial charge in [-0.2, -0.15) is 0 Å². The highest BCUT2D eigenvalue weighted by atomic mass is 32.2. The quantitative estimate of drug-likeness (QED) is 0.825. The van der Waals surface area contributed by atoms with Gasteiger partial charge in [-0.1, -0.05) is 12.1 Å². The molecule has 1 aromatic heterocycles. The van der Waals surface area contributed by atoms with Gasteiger partial charge >= 0.3 is 5.97 Å². The third kappa shape index (κ3) is 2.46. The number of carboxylic acids is 1. The number of rotatable bonds is 4. The standard InChI is InChI=1S/C12H11NO2S/c14-12(15)9-16-11-6-2-1-5-10(11)13-7-3-4-8-13/h1-8H,9H2,(H,14,15). The highest BCUT2D eigenvalue weighted by Crippen LogP contribution is 2.25. The topological polar surface area (TPSA) is 42.2 Å². The summed E-state index contributed by atoms with van der Waals surface area (Å²) in [6.45, 7) is 0. The van der Waals surface area contributed by atoms with Gasteiger partial charge in [-0.25, -0.2) is 0 Å². The molecular formula is C12H11NO2S. The lowest BCUT2D eigenvalue weighted by Crippen LogP contribution is -1.99. The van der Waals surface area contributed by atoms with Crippen LogP contribution >= 0.6 is 11.8 Å². The summed E-state index contributed by atoms with van der Waals surface area (Å²) in [5, 5.41) is 8.67. The molecule has 0 atom stereocenters. The van der Waals surface area contributed by atoms with Crippen LogP contribution in [0.3, 0.4) is 0 Å². The monoisotopic (exact) mass is 233 g/mol. The van der Waals surface area contributed by atoms with Gasteiger partial charge in [0.1, 0.15) is 0 Å². The van der Waals surface area contributed by atoms with Crippen molar-refractivity contribution >= 4 is 17.7 Å². The highest BCUT2D eigenvalue weighted by molar-refractivity contribution is 8.00. The van der Waals surface area contributed by atoms with Crippen LogP contribution in [0.5, 0.6) is 0 Å². The van der Waals surface area contributed by atoms with E-state index in [1.54, 1.807) is 0 Å². The Kier molecular flexibility index (Phi) is 3.31.